The molecule has 0 atom stereocenters. The Kier molecular flexibility index (Phi) is 4.12. The van der Waals surface area contributed by atoms with Gasteiger partial charge in [0.2, 0.25) is 0 Å². The van der Waals surface area contributed by atoms with Crippen molar-refractivity contribution in [2.24, 2.45) is 0 Å². The molecule has 100 valence electrons. The van der Waals surface area contributed by atoms with Crippen LogP contribution in [-0.2, 0) is 0 Å². The molecule has 1 aromatic heterocycles. The summed E-state index contributed by atoms with van der Waals surface area (Å²) in [5.74, 6) is 1.55. The van der Waals surface area contributed by atoms with Gasteiger partial charge in [0.25, 0.3) is 5.88 Å². The summed E-state index contributed by atoms with van der Waals surface area (Å²) in [6, 6.07) is 8.66. The number of hydrogen-bond donors (Lipinski definition) is 1. The fraction of sp³-hybridized carbons (Fsp3) is 0.214. The highest BCUT2D eigenvalue weighted by Gasteiger charge is 2.09. The number of rotatable bonds is 4. The summed E-state index contributed by atoms with van der Waals surface area (Å²) in [5.41, 5.74) is 6.16. The van der Waals surface area contributed by atoms with Crippen molar-refractivity contribution in [3.05, 3.63) is 41.6 Å². The Hall–Kier alpha value is -1.94. The lowest BCUT2D eigenvalue weighted by Gasteiger charge is -2.13. The van der Waals surface area contributed by atoms with Crippen molar-refractivity contribution in [1.29, 1.82) is 0 Å². The molecule has 0 fully saturated rings. The van der Waals surface area contributed by atoms with Gasteiger partial charge >= 0.3 is 0 Å². The first kappa shape index (κ1) is 13.5. The summed E-state index contributed by atoms with van der Waals surface area (Å²) in [6.45, 7) is 3.88. The van der Waals surface area contributed by atoms with Gasteiger partial charge in [0, 0.05) is 12.3 Å². The monoisotopic (exact) mass is 278 g/mol. The van der Waals surface area contributed by atoms with E-state index in [1.54, 1.807) is 36.5 Å². The lowest BCUT2D eigenvalue weighted by Crippen LogP contribution is -2.07. The molecule has 5 heteroatoms. The number of ether oxygens (including phenoxy) is 2. The normalized spacial score (nSPS) is 10.5. The van der Waals surface area contributed by atoms with Crippen LogP contribution in [0.15, 0.2) is 36.5 Å². The maximum absolute atomic E-state index is 5.95. The largest absolute Gasteiger partial charge is 0.485 e. The van der Waals surface area contributed by atoms with Gasteiger partial charge in [0.1, 0.15) is 5.75 Å². The minimum Gasteiger partial charge on any atom is -0.485 e. The minimum absolute atomic E-state index is 0.0431. The molecular weight excluding hydrogens is 264 g/mol. The van der Waals surface area contributed by atoms with E-state index in [4.69, 9.17) is 26.8 Å². The van der Waals surface area contributed by atoms with E-state index in [0.717, 1.165) is 0 Å². The zero-order chi connectivity index (χ0) is 13.8. The predicted molar refractivity (Wildman–Crippen MR) is 75.9 cm³/mol. The summed E-state index contributed by atoms with van der Waals surface area (Å²) >= 11 is 5.95. The van der Waals surface area contributed by atoms with Gasteiger partial charge in [-0.15, -0.1) is 0 Å². The molecule has 0 aliphatic heterocycles. The molecule has 4 nitrogen and oxygen atoms in total. The third-order valence-electron chi connectivity index (χ3n) is 2.29. The van der Waals surface area contributed by atoms with Gasteiger partial charge < -0.3 is 15.2 Å². The molecule has 2 rings (SSSR count). The van der Waals surface area contributed by atoms with E-state index in [1.165, 1.54) is 0 Å². The zero-order valence-electron chi connectivity index (χ0n) is 10.8. The number of nitrogens with zero attached hydrogens (tertiary/aromatic N) is 1. The van der Waals surface area contributed by atoms with Crippen molar-refractivity contribution < 1.29 is 9.47 Å². The Morgan fingerprint density at radius 2 is 2.05 bits per heavy atom. The molecule has 1 heterocycles. The molecule has 19 heavy (non-hydrogen) atoms. The van der Waals surface area contributed by atoms with Crippen LogP contribution < -0.4 is 15.2 Å². The maximum atomic E-state index is 5.95. The second-order valence-corrected chi connectivity index (χ2v) is 4.67. The van der Waals surface area contributed by atoms with Crippen molar-refractivity contribution in [1.82, 2.24) is 4.98 Å². The van der Waals surface area contributed by atoms with Crippen molar-refractivity contribution in [3.8, 4) is 17.4 Å². The van der Waals surface area contributed by atoms with Gasteiger partial charge in [0.05, 0.1) is 16.8 Å². The quantitative estimate of drug-likeness (QED) is 0.862. The first-order chi connectivity index (χ1) is 9.06. The molecule has 0 bridgehead atoms. The Morgan fingerprint density at radius 3 is 2.74 bits per heavy atom. The van der Waals surface area contributed by atoms with Crippen molar-refractivity contribution in [2.45, 2.75) is 20.0 Å². The Labute approximate surface area is 117 Å². The Morgan fingerprint density at radius 1 is 1.26 bits per heavy atom. The van der Waals surface area contributed by atoms with Crippen molar-refractivity contribution in [3.63, 3.8) is 0 Å². The summed E-state index contributed by atoms with van der Waals surface area (Å²) in [7, 11) is 0. The van der Waals surface area contributed by atoms with Crippen LogP contribution in [0.1, 0.15) is 13.8 Å². The van der Waals surface area contributed by atoms with Crippen LogP contribution in [0, 0.1) is 0 Å². The number of nitrogen functional groups attached to an aromatic ring is 1. The molecule has 0 saturated carbocycles. The van der Waals surface area contributed by atoms with Gasteiger partial charge in [-0.2, -0.15) is 0 Å². The molecule has 2 aromatic rings. The standard InChI is InChI=1S/C14H15ClN2O2/c1-9(2)18-13-4-3-7-17-14(13)19-10-5-6-12(16)11(15)8-10/h3-9H,16H2,1-2H3. The number of anilines is 1. The number of hydrogen-bond acceptors (Lipinski definition) is 4. The van der Waals surface area contributed by atoms with Crippen LogP contribution in [-0.4, -0.2) is 11.1 Å². The molecular formula is C14H15ClN2O2. The van der Waals surface area contributed by atoms with Crippen LogP contribution >= 0.6 is 11.6 Å². The average Bonchev–Trinajstić information content (AvgIpc) is 2.36. The number of aromatic nitrogens is 1. The maximum Gasteiger partial charge on any atom is 0.262 e. The van der Waals surface area contributed by atoms with Crippen molar-refractivity contribution >= 4 is 17.3 Å². The fourth-order valence-electron chi connectivity index (χ4n) is 1.48. The van der Waals surface area contributed by atoms with E-state index in [-0.39, 0.29) is 6.10 Å². The second kappa shape index (κ2) is 5.80. The highest BCUT2D eigenvalue weighted by atomic mass is 35.5. The second-order valence-electron chi connectivity index (χ2n) is 4.26. The Bertz CT molecular complexity index is 573. The third kappa shape index (κ3) is 3.51. The lowest BCUT2D eigenvalue weighted by molar-refractivity contribution is 0.231. The van der Waals surface area contributed by atoms with Crippen LogP contribution in [0.2, 0.25) is 5.02 Å². The molecule has 0 saturated heterocycles. The summed E-state index contributed by atoms with van der Waals surface area (Å²) in [6.07, 6.45) is 1.68. The number of benzene rings is 1. The summed E-state index contributed by atoms with van der Waals surface area (Å²) < 4.78 is 11.3. The molecule has 0 unspecified atom stereocenters. The van der Waals surface area contributed by atoms with E-state index in [1.807, 2.05) is 13.8 Å². The molecule has 0 aliphatic rings. The van der Waals surface area contributed by atoms with E-state index >= 15 is 0 Å². The van der Waals surface area contributed by atoms with Crippen LogP contribution in [0.4, 0.5) is 5.69 Å². The summed E-state index contributed by atoms with van der Waals surface area (Å²) in [5, 5.41) is 0.444. The van der Waals surface area contributed by atoms with E-state index in [9.17, 15) is 0 Å². The first-order valence-corrected chi connectivity index (χ1v) is 6.28. The highest BCUT2D eigenvalue weighted by molar-refractivity contribution is 6.33. The van der Waals surface area contributed by atoms with E-state index in [0.29, 0.717) is 28.1 Å². The SMILES string of the molecule is CC(C)Oc1cccnc1Oc1ccc(N)c(Cl)c1. The van der Waals surface area contributed by atoms with Crippen molar-refractivity contribution in [2.75, 3.05) is 5.73 Å². The molecule has 0 spiro atoms. The lowest BCUT2D eigenvalue weighted by atomic mass is 10.3. The van der Waals surface area contributed by atoms with E-state index in [2.05, 4.69) is 4.98 Å². The van der Waals surface area contributed by atoms with Gasteiger partial charge in [0.15, 0.2) is 5.75 Å². The molecule has 0 amide bonds. The van der Waals surface area contributed by atoms with Crippen LogP contribution in [0.3, 0.4) is 0 Å². The molecule has 0 radical (unpaired) electrons. The number of halogens is 1. The smallest absolute Gasteiger partial charge is 0.262 e. The molecule has 1 aromatic carbocycles. The fourth-order valence-corrected chi connectivity index (χ4v) is 1.65. The minimum atomic E-state index is 0.0431. The number of pyridine rings is 1. The third-order valence-corrected chi connectivity index (χ3v) is 2.61. The van der Waals surface area contributed by atoms with Crippen LogP contribution in [0.25, 0.3) is 0 Å². The topological polar surface area (TPSA) is 57.4 Å². The predicted octanol–water partition coefficient (Wildman–Crippen LogP) is 3.90. The molecule has 0 aliphatic carbocycles. The highest BCUT2D eigenvalue weighted by Crippen LogP contribution is 2.32. The van der Waals surface area contributed by atoms with Crippen LogP contribution in [0.5, 0.6) is 17.4 Å². The summed E-state index contributed by atoms with van der Waals surface area (Å²) in [4.78, 5) is 4.16. The number of nitrogens with two attached hydrogens (primary N) is 1. The van der Waals surface area contributed by atoms with Gasteiger partial charge in [-0.1, -0.05) is 11.6 Å². The first-order valence-electron chi connectivity index (χ1n) is 5.91. The average molecular weight is 279 g/mol. The van der Waals surface area contributed by atoms with Gasteiger partial charge in [-0.25, -0.2) is 4.98 Å². The van der Waals surface area contributed by atoms with Gasteiger partial charge in [-0.05, 0) is 38.1 Å². The zero-order valence-corrected chi connectivity index (χ0v) is 11.5. The molecule has 2 N–H and O–H groups in total. The Balaban J connectivity index is 2.25. The van der Waals surface area contributed by atoms with Gasteiger partial charge in [-0.3, -0.25) is 0 Å². The van der Waals surface area contributed by atoms with E-state index < -0.39 is 0 Å².